The van der Waals surface area contributed by atoms with Gasteiger partial charge in [-0.25, -0.2) is 0 Å². The maximum atomic E-state index is 12.9. The summed E-state index contributed by atoms with van der Waals surface area (Å²) in [6, 6.07) is 19.6. The molecular formula is C22H27N3O. The van der Waals surface area contributed by atoms with Crippen LogP contribution in [-0.2, 0) is 11.2 Å². The molecule has 4 nitrogen and oxygen atoms in total. The molecule has 1 saturated heterocycles. The summed E-state index contributed by atoms with van der Waals surface area (Å²) >= 11 is 0. The molecular weight excluding hydrogens is 322 g/mol. The Labute approximate surface area is 155 Å². The normalized spacial score (nSPS) is 19.5. The first-order chi connectivity index (χ1) is 12.7. The molecule has 136 valence electrons. The van der Waals surface area contributed by atoms with E-state index in [1.165, 1.54) is 5.56 Å². The first kappa shape index (κ1) is 18.5. The summed E-state index contributed by atoms with van der Waals surface area (Å²) in [5, 5.41) is 3.33. The summed E-state index contributed by atoms with van der Waals surface area (Å²) in [5.41, 5.74) is 8.52. The predicted octanol–water partition coefficient (Wildman–Crippen LogP) is 2.11. The summed E-state index contributed by atoms with van der Waals surface area (Å²) in [7, 11) is 0. The molecule has 2 aromatic rings. The third-order valence-electron chi connectivity index (χ3n) is 4.80. The number of hydrogen-bond acceptors (Lipinski definition) is 4. The number of carbonyl (C=O) groups excluding carboxylic acids is 1. The van der Waals surface area contributed by atoms with Gasteiger partial charge in [0.05, 0.1) is 12.1 Å². The molecule has 2 atom stereocenters. The van der Waals surface area contributed by atoms with Gasteiger partial charge < -0.3 is 11.1 Å². The van der Waals surface area contributed by atoms with E-state index >= 15 is 0 Å². The van der Waals surface area contributed by atoms with Gasteiger partial charge in [0.15, 0.2) is 5.78 Å². The number of nitrogens with zero attached hydrogens (tertiary/aromatic N) is 1. The van der Waals surface area contributed by atoms with Crippen LogP contribution in [0, 0.1) is 0 Å². The monoisotopic (exact) mass is 349 g/mol. The lowest BCUT2D eigenvalue weighted by molar-refractivity contribution is -0.125. The van der Waals surface area contributed by atoms with Crippen molar-refractivity contribution in [2.75, 3.05) is 26.2 Å². The fraction of sp³-hybridized carbons (Fsp3) is 0.318. The molecule has 1 fully saturated rings. The molecule has 1 unspecified atom stereocenters. The molecule has 0 radical (unpaired) electrons. The molecule has 0 spiro atoms. The van der Waals surface area contributed by atoms with Crippen molar-refractivity contribution in [2.24, 2.45) is 5.73 Å². The first-order valence-corrected chi connectivity index (χ1v) is 9.23. The van der Waals surface area contributed by atoms with Crippen LogP contribution in [0.2, 0.25) is 0 Å². The quantitative estimate of drug-likeness (QED) is 0.804. The molecule has 1 heterocycles. The summed E-state index contributed by atoms with van der Waals surface area (Å²) in [6.45, 7) is 3.18. The van der Waals surface area contributed by atoms with Crippen molar-refractivity contribution in [3.05, 3.63) is 77.9 Å². The number of ketones is 1. The van der Waals surface area contributed by atoms with Crippen molar-refractivity contribution in [1.82, 2.24) is 10.2 Å². The van der Waals surface area contributed by atoms with Gasteiger partial charge in [0.1, 0.15) is 0 Å². The second-order valence-corrected chi connectivity index (χ2v) is 6.73. The van der Waals surface area contributed by atoms with Gasteiger partial charge >= 0.3 is 0 Å². The zero-order chi connectivity index (χ0) is 18.2. The Kier molecular flexibility index (Phi) is 6.72. The van der Waals surface area contributed by atoms with Gasteiger partial charge in [0, 0.05) is 26.2 Å². The van der Waals surface area contributed by atoms with Crippen LogP contribution in [0.15, 0.2) is 66.7 Å². The van der Waals surface area contributed by atoms with Crippen molar-refractivity contribution in [1.29, 1.82) is 0 Å². The van der Waals surface area contributed by atoms with Crippen LogP contribution in [0.25, 0.3) is 6.08 Å². The van der Waals surface area contributed by atoms with Crippen molar-refractivity contribution in [3.63, 3.8) is 0 Å². The van der Waals surface area contributed by atoms with Crippen LogP contribution in [0.4, 0.5) is 0 Å². The number of Topliss-reactive ketones (excluding diaryl/α,β-unsaturated/α-hetero) is 1. The minimum atomic E-state index is -0.470. The topological polar surface area (TPSA) is 58.4 Å². The molecule has 4 heteroatoms. The molecule has 0 aliphatic carbocycles. The van der Waals surface area contributed by atoms with E-state index in [4.69, 9.17) is 5.73 Å². The van der Waals surface area contributed by atoms with E-state index < -0.39 is 6.04 Å². The summed E-state index contributed by atoms with van der Waals surface area (Å²) < 4.78 is 0. The summed E-state index contributed by atoms with van der Waals surface area (Å²) in [4.78, 5) is 15.1. The highest BCUT2D eigenvalue weighted by Gasteiger charge is 2.31. The fourth-order valence-corrected chi connectivity index (χ4v) is 3.35. The van der Waals surface area contributed by atoms with Crippen LogP contribution in [0.3, 0.4) is 0 Å². The van der Waals surface area contributed by atoms with Crippen LogP contribution >= 0.6 is 0 Å². The average Bonchev–Trinajstić information content (AvgIpc) is 2.69. The number of benzene rings is 2. The molecule has 3 rings (SSSR count). The van der Waals surface area contributed by atoms with E-state index in [1.54, 1.807) is 0 Å². The standard InChI is InChI=1S/C22H27N3O/c23-20(16-19-10-5-2-6-11-19)22(26)21-17-24-13-15-25(21)14-7-12-18-8-3-1-4-9-18/h1-12,20-21,24H,13-17,23H2/b12-7+/t20-,21?/m0/s1. The predicted molar refractivity (Wildman–Crippen MR) is 107 cm³/mol. The van der Waals surface area contributed by atoms with Gasteiger partial charge in [-0.3, -0.25) is 9.69 Å². The Morgan fingerprint density at radius 3 is 2.58 bits per heavy atom. The van der Waals surface area contributed by atoms with Crippen LogP contribution < -0.4 is 11.1 Å². The van der Waals surface area contributed by atoms with Crippen LogP contribution in [0.5, 0.6) is 0 Å². The minimum absolute atomic E-state index is 0.120. The molecule has 3 N–H and O–H groups in total. The highest BCUT2D eigenvalue weighted by molar-refractivity contribution is 5.89. The molecule has 0 amide bonds. The summed E-state index contributed by atoms with van der Waals surface area (Å²) in [6.07, 6.45) is 4.82. The Morgan fingerprint density at radius 2 is 1.85 bits per heavy atom. The number of hydrogen-bond donors (Lipinski definition) is 2. The van der Waals surface area contributed by atoms with Gasteiger partial charge in [0.25, 0.3) is 0 Å². The molecule has 26 heavy (non-hydrogen) atoms. The van der Waals surface area contributed by atoms with Crippen molar-refractivity contribution in [2.45, 2.75) is 18.5 Å². The SMILES string of the molecule is N[C@@H](Cc1ccccc1)C(=O)C1CNCCN1C/C=C/c1ccccc1. The first-order valence-electron chi connectivity index (χ1n) is 9.23. The highest BCUT2D eigenvalue weighted by atomic mass is 16.1. The lowest BCUT2D eigenvalue weighted by Gasteiger charge is -2.35. The van der Waals surface area contributed by atoms with E-state index in [-0.39, 0.29) is 11.8 Å². The van der Waals surface area contributed by atoms with Gasteiger partial charge in [-0.1, -0.05) is 72.8 Å². The van der Waals surface area contributed by atoms with E-state index in [2.05, 4.69) is 34.5 Å². The van der Waals surface area contributed by atoms with E-state index in [0.29, 0.717) is 13.0 Å². The lowest BCUT2D eigenvalue weighted by atomic mass is 9.96. The van der Waals surface area contributed by atoms with Gasteiger partial charge in [-0.05, 0) is 17.5 Å². The lowest BCUT2D eigenvalue weighted by Crippen LogP contribution is -2.58. The van der Waals surface area contributed by atoms with Gasteiger partial charge in [-0.2, -0.15) is 0 Å². The average molecular weight is 349 g/mol. The molecule has 0 aromatic heterocycles. The number of rotatable bonds is 7. The molecule has 1 aliphatic rings. The number of nitrogens with one attached hydrogen (secondary N) is 1. The Morgan fingerprint density at radius 1 is 1.15 bits per heavy atom. The zero-order valence-corrected chi connectivity index (χ0v) is 15.1. The summed E-state index contributed by atoms with van der Waals surface area (Å²) in [5.74, 6) is 0.120. The third-order valence-corrected chi connectivity index (χ3v) is 4.80. The number of carbonyl (C=O) groups is 1. The van der Waals surface area contributed by atoms with Crippen molar-refractivity contribution < 1.29 is 4.79 Å². The third kappa shape index (κ3) is 5.11. The van der Waals surface area contributed by atoms with Gasteiger partial charge in [0.2, 0.25) is 0 Å². The number of nitrogens with two attached hydrogens (primary N) is 1. The Balaban J connectivity index is 1.60. The maximum Gasteiger partial charge on any atom is 0.168 e. The second-order valence-electron chi connectivity index (χ2n) is 6.73. The van der Waals surface area contributed by atoms with Crippen molar-refractivity contribution in [3.8, 4) is 0 Å². The van der Waals surface area contributed by atoms with Crippen LogP contribution in [0.1, 0.15) is 11.1 Å². The van der Waals surface area contributed by atoms with E-state index in [9.17, 15) is 4.79 Å². The zero-order valence-electron chi connectivity index (χ0n) is 15.1. The van der Waals surface area contributed by atoms with E-state index in [0.717, 1.165) is 25.2 Å². The fourth-order valence-electron chi connectivity index (χ4n) is 3.35. The molecule has 2 aromatic carbocycles. The smallest absolute Gasteiger partial charge is 0.168 e. The van der Waals surface area contributed by atoms with Gasteiger partial charge in [-0.15, -0.1) is 0 Å². The van der Waals surface area contributed by atoms with Crippen LogP contribution in [-0.4, -0.2) is 48.9 Å². The number of piperazine rings is 1. The molecule has 0 saturated carbocycles. The Bertz CT molecular complexity index is 715. The molecule has 0 bridgehead atoms. The maximum absolute atomic E-state index is 12.9. The minimum Gasteiger partial charge on any atom is -0.321 e. The van der Waals surface area contributed by atoms with E-state index in [1.807, 2.05) is 48.5 Å². The largest absolute Gasteiger partial charge is 0.321 e. The Hall–Kier alpha value is -2.27. The highest BCUT2D eigenvalue weighted by Crippen LogP contribution is 2.11. The second kappa shape index (κ2) is 9.43. The molecule has 1 aliphatic heterocycles. The van der Waals surface area contributed by atoms with Crippen molar-refractivity contribution >= 4 is 11.9 Å².